The van der Waals surface area contributed by atoms with E-state index in [2.05, 4.69) is 0 Å². The van der Waals surface area contributed by atoms with Crippen LogP contribution in [0.1, 0.15) is 23.7 Å². The summed E-state index contributed by atoms with van der Waals surface area (Å²) >= 11 is 6.08. The SMILES string of the molecule is CC(Cl)C(=O)N(Cc1ccccc1)Cc1cccn1Cc1cccc(F)c1. The summed E-state index contributed by atoms with van der Waals surface area (Å²) in [7, 11) is 0. The summed E-state index contributed by atoms with van der Waals surface area (Å²) < 4.78 is 15.5. The molecule has 1 aromatic heterocycles. The molecule has 0 spiro atoms. The lowest BCUT2D eigenvalue weighted by Gasteiger charge is -2.25. The number of rotatable bonds is 7. The van der Waals surface area contributed by atoms with Crippen LogP contribution >= 0.6 is 11.6 Å². The molecule has 27 heavy (non-hydrogen) atoms. The van der Waals surface area contributed by atoms with Gasteiger partial charge in [0.25, 0.3) is 0 Å². The standard InChI is InChI=1S/C22H22ClFN2O/c1-17(23)22(27)26(14-18-7-3-2-4-8-18)16-21-11-6-12-25(21)15-19-9-5-10-20(24)13-19/h2-13,17H,14-16H2,1H3. The zero-order chi connectivity index (χ0) is 19.2. The Morgan fingerprint density at radius 1 is 1.04 bits per heavy atom. The third-order valence-corrected chi connectivity index (χ3v) is 4.57. The van der Waals surface area contributed by atoms with Gasteiger partial charge < -0.3 is 9.47 Å². The van der Waals surface area contributed by atoms with Gasteiger partial charge in [-0.2, -0.15) is 0 Å². The number of benzene rings is 2. The van der Waals surface area contributed by atoms with Gasteiger partial charge in [-0.15, -0.1) is 11.6 Å². The lowest BCUT2D eigenvalue weighted by Crippen LogP contribution is -2.35. The van der Waals surface area contributed by atoms with Crippen molar-refractivity contribution in [2.45, 2.75) is 31.9 Å². The van der Waals surface area contributed by atoms with Gasteiger partial charge in [0.2, 0.25) is 5.91 Å². The van der Waals surface area contributed by atoms with Crippen LogP contribution in [0.25, 0.3) is 0 Å². The summed E-state index contributed by atoms with van der Waals surface area (Å²) in [6, 6.07) is 20.3. The van der Waals surface area contributed by atoms with Gasteiger partial charge in [0.05, 0.1) is 6.54 Å². The maximum atomic E-state index is 13.5. The van der Waals surface area contributed by atoms with Gasteiger partial charge in [-0.25, -0.2) is 4.39 Å². The highest BCUT2D eigenvalue weighted by Crippen LogP contribution is 2.16. The van der Waals surface area contributed by atoms with E-state index in [1.807, 2.05) is 59.3 Å². The molecule has 3 rings (SSSR count). The van der Waals surface area contributed by atoms with Crippen molar-refractivity contribution < 1.29 is 9.18 Å². The fraction of sp³-hybridized carbons (Fsp3) is 0.227. The van der Waals surface area contributed by atoms with Gasteiger partial charge in [-0.05, 0) is 42.3 Å². The van der Waals surface area contributed by atoms with Crippen molar-refractivity contribution in [2.75, 3.05) is 0 Å². The molecule has 0 saturated carbocycles. The van der Waals surface area contributed by atoms with Gasteiger partial charge in [-0.1, -0.05) is 42.5 Å². The first-order chi connectivity index (χ1) is 13.0. The van der Waals surface area contributed by atoms with Crippen LogP contribution in [0.2, 0.25) is 0 Å². The predicted octanol–water partition coefficient (Wildman–Crippen LogP) is 4.83. The quantitative estimate of drug-likeness (QED) is 0.535. The molecule has 0 N–H and O–H groups in total. The minimum atomic E-state index is -0.597. The maximum absolute atomic E-state index is 13.5. The molecular formula is C22H22ClFN2O. The zero-order valence-electron chi connectivity index (χ0n) is 15.2. The Labute approximate surface area is 164 Å². The molecule has 0 aliphatic rings. The Morgan fingerprint density at radius 3 is 2.48 bits per heavy atom. The molecule has 0 aliphatic heterocycles. The molecule has 140 valence electrons. The summed E-state index contributed by atoms with van der Waals surface area (Å²) in [6.45, 7) is 3.16. The minimum absolute atomic E-state index is 0.112. The summed E-state index contributed by atoms with van der Waals surface area (Å²) in [5.41, 5.74) is 2.89. The molecule has 2 aromatic carbocycles. The molecule has 0 aliphatic carbocycles. The van der Waals surface area contributed by atoms with E-state index >= 15 is 0 Å². The van der Waals surface area contributed by atoms with Crippen molar-refractivity contribution >= 4 is 17.5 Å². The van der Waals surface area contributed by atoms with Gasteiger partial charge in [0.1, 0.15) is 11.2 Å². The normalized spacial score (nSPS) is 12.0. The first-order valence-corrected chi connectivity index (χ1v) is 9.32. The second-order valence-corrected chi connectivity index (χ2v) is 7.21. The molecule has 1 atom stereocenters. The lowest BCUT2D eigenvalue weighted by molar-refractivity contribution is -0.131. The molecule has 0 fully saturated rings. The largest absolute Gasteiger partial charge is 0.345 e. The Balaban J connectivity index is 1.80. The topological polar surface area (TPSA) is 25.2 Å². The highest BCUT2D eigenvalue weighted by molar-refractivity contribution is 6.30. The lowest BCUT2D eigenvalue weighted by atomic mass is 10.2. The molecule has 1 heterocycles. The number of nitrogens with zero attached hydrogens (tertiary/aromatic N) is 2. The summed E-state index contributed by atoms with van der Waals surface area (Å²) in [5.74, 6) is -0.364. The maximum Gasteiger partial charge on any atom is 0.240 e. The van der Waals surface area contributed by atoms with E-state index in [1.54, 1.807) is 17.9 Å². The number of hydrogen-bond donors (Lipinski definition) is 0. The zero-order valence-corrected chi connectivity index (χ0v) is 15.9. The molecule has 3 nitrogen and oxygen atoms in total. The highest BCUT2D eigenvalue weighted by Gasteiger charge is 2.20. The van der Waals surface area contributed by atoms with Crippen molar-refractivity contribution in [2.24, 2.45) is 0 Å². The van der Waals surface area contributed by atoms with E-state index in [0.29, 0.717) is 19.6 Å². The Morgan fingerprint density at radius 2 is 1.78 bits per heavy atom. The third-order valence-electron chi connectivity index (χ3n) is 4.39. The van der Waals surface area contributed by atoms with Crippen molar-refractivity contribution in [3.05, 3.63) is 95.6 Å². The summed E-state index contributed by atoms with van der Waals surface area (Å²) in [5, 5.41) is -0.597. The fourth-order valence-corrected chi connectivity index (χ4v) is 3.18. The van der Waals surface area contributed by atoms with Crippen LogP contribution in [0.4, 0.5) is 4.39 Å². The second-order valence-electron chi connectivity index (χ2n) is 6.55. The first-order valence-electron chi connectivity index (χ1n) is 8.88. The average molecular weight is 385 g/mol. The van der Waals surface area contributed by atoms with Crippen LogP contribution in [0.3, 0.4) is 0 Å². The van der Waals surface area contributed by atoms with E-state index in [0.717, 1.165) is 16.8 Å². The van der Waals surface area contributed by atoms with E-state index in [9.17, 15) is 9.18 Å². The van der Waals surface area contributed by atoms with E-state index in [-0.39, 0.29) is 11.7 Å². The van der Waals surface area contributed by atoms with Crippen LogP contribution < -0.4 is 0 Å². The van der Waals surface area contributed by atoms with E-state index in [4.69, 9.17) is 11.6 Å². The van der Waals surface area contributed by atoms with Crippen LogP contribution in [0.15, 0.2) is 72.9 Å². The Bertz CT molecular complexity index is 892. The van der Waals surface area contributed by atoms with Crippen LogP contribution in [-0.2, 0) is 24.4 Å². The van der Waals surface area contributed by atoms with Gasteiger partial charge in [-0.3, -0.25) is 4.79 Å². The van der Waals surface area contributed by atoms with Crippen LogP contribution in [0.5, 0.6) is 0 Å². The number of alkyl halides is 1. The molecule has 1 unspecified atom stereocenters. The van der Waals surface area contributed by atoms with Crippen molar-refractivity contribution in [1.29, 1.82) is 0 Å². The van der Waals surface area contributed by atoms with E-state index < -0.39 is 5.38 Å². The smallest absolute Gasteiger partial charge is 0.240 e. The van der Waals surface area contributed by atoms with Crippen LogP contribution in [0, 0.1) is 5.82 Å². The van der Waals surface area contributed by atoms with Crippen molar-refractivity contribution in [3.8, 4) is 0 Å². The first kappa shape index (κ1) is 19.2. The molecule has 0 bridgehead atoms. The van der Waals surface area contributed by atoms with Gasteiger partial charge in [0.15, 0.2) is 0 Å². The van der Waals surface area contributed by atoms with Crippen LogP contribution in [-0.4, -0.2) is 20.8 Å². The number of carbonyl (C=O) groups excluding carboxylic acids is 1. The number of halogens is 2. The molecule has 3 aromatic rings. The molecule has 0 saturated heterocycles. The molecular weight excluding hydrogens is 363 g/mol. The number of hydrogen-bond acceptors (Lipinski definition) is 1. The molecule has 5 heteroatoms. The number of aromatic nitrogens is 1. The van der Waals surface area contributed by atoms with Gasteiger partial charge in [0, 0.05) is 25.0 Å². The van der Waals surface area contributed by atoms with Crippen molar-refractivity contribution in [1.82, 2.24) is 9.47 Å². The number of amides is 1. The summed E-state index contributed by atoms with van der Waals surface area (Å²) in [4.78, 5) is 14.4. The Hall–Kier alpha value is -2.59. The minimum Gasteiger partial charge on any atom is -0.345 e. The number of carbonyl (C=O) groups is 1. The highest BCUT2D eigenvalue weighted by atomic mass is 35.5. The predicted molar refractivity (Wildman–Crippen MR) is 106 cm³/mol. The second kappa shape index (κ2) is 8.87. The summed E-state index contributed by atoms with van der Waals surface area (Å²) in [6.07, 6.45) is 1.94. The fourth-order valence-electron chi connectivity index (χ4n) is 3.04. The molecule has 1 amide bonds. The third kappa shape index (κ3) is 5.20. The Kier molecular flexibility index (Phi) is 6.30. The van der Waals surface area contributed by atoms with Gasteiger partial charge >= 0.3 is 0 Å². The van der Waals surface area contributed by atoms with E-state index in [1.165, 1.54) is 12.1 Å². The average Bonchev–Trinajstić information content (AvgIpc) is 3.08. The molecule has 0 radical (unpaired) electrons. The monoisotopic (exact) mass is 384 g/mol. The van der Waals surface area contributed by atoms with Crippen molar-refractivity contribution in [3.63, 3.8) is 0 Å².